The van der Waals surface area contributed by atoms with E-state index in [-0.39, 0.29) is 29.7 Å². The number of carbonyl (C=O) groups excluding carboxylic acids is 4. The van der Waals surface area contributed by atoms with Gasteiger partial charge in [0.15, 0.2) is 17.1 Å². The van der Waals surface area contributed by atoms with Crippen molar-refractivity contribution in [1.29, 1.82) is 0 Å². The second-order valence-corrected chi connectivity index (χ2v) is 11.2. The molecule has 1 fully saturated rings. The van der Waals surface area contributed by atoms with Crippen molar-refractivity contribution < 1.29 is 39.6 Å². The van der Waals surface area contributed by atoms with Crippen molar-refractivity contribution in [3.63, 3.8) is 0 Å². The first-order valence-electron chi connectivity index (χ1n) is 12.7. The Balaban J connectivity index is 2.03. The minimum absolute atomic E-state index is 0.0155. The fourth-order valence-corrected chi connectivity index (χ4v) is 6.51. The minimum atomic E-state index is -2.73. The zero-order valence-corrected chi connectivity index (χ0v) is 23.5. The number of aliphatic hydroxyl groups is 3. The van der Waals surface area contributed by atoms with Gasteiger partial charge in [-0.2, -0.15) is 0 Å². The standard InChI is InChI=1S/C27H35N5O8/c1-11(33)32(31(6)7)16-10-15(29(2)3)13-8-12-9-14-20(30(4)5)23(36)19(26(28)39)25(38)27(14,40)24(37)17(12)22(35)18(13)21(16)34/h10,12,14,20,34-35,38,40H,8-9H2,1-7H3,(H2,28,39)/t12-,14-,20-,27-/m0/s1. The first-order chi connectivity index (χ1) is 18.5. The summed E-state index contributed by atoms with van der Waals surface area (Å²) in [5, 5.41) is 48.4. The molecule has 4 atom stereocenters. The van der Waals surface area contributed by atoms with Gasteiger partial charge >= 0.3 is 0 Å². The number of hydrogen-bond donors (Lipinski definition) is 5. The van der Waals surface area contributed by atoms with E-state index in [1.54, 1.807) is 53.3 Å². The number of nitrogens with two attached hydrogens (primary N) is 1. The van der Waals surface area contributed by atoms with Crippen LogP contribution in [0, 0.1) is 11.8 Å². The summed E-state index contributed by atoms with van der Waals surface area (Å²) in [5.41, 5.74) is 2.54. The van der Waals surface area contributed by atoms with Crippen LogP contribution in [-0.4, -0.2) is 108 Å². The molecule has 0 aromatic heterocycles. The molecule has 2 amide bonds. The molecular weight excluding hydrogens is 522 g/mol. The van der Waals surface area contributed by atoms with E-state index in [2.05, 4.69) is 0 Å². The van der Waals surface area contributed by atoms with E-state index in [0.717, 1.165) is 0 Å². The predicted molar refractivity (Wildman–Crippen MR) is 145 cm³/mol. The number of aliphatic hydroxyl groups excluding tert-OH is 2. The van der Waals surface area contributed by atoms with E-state index in [4.69, 9.17) is 5.73 Å². The third-order valence-electron chi connectivity index (χ3n) is 8.09. The summed E-state index contributed by atoms with van der Waals surface area (Å²) in [6.45, 7) is 1.31. The lowest BCUT2D eigenvalue weighted by atomic mass is 9.57. The highest BCUT2D eigenvalue weighted by atomic mass is 16.3. The topological polar surface area (TPSA) is 188 Å². The Morgan fingerprint density at radius 3 is 2.10 bits per heavy atom. The van der Waals surface area contributed by atoms with Crippen molar-refractivity contribution in [2.24, 2.45) is 17.6 Å². The van der Waals surface area contributed by atoms with Gasteiger partial charge in [0.05, 0.1) is 11.6 Å². The van der Waals surface area contributed by atoms with Gasteiger partial charge in [0.1, 0.15) is 22.8 Å². The molecule has 1 aromatic carbocycles. The molecular formula is C27H35N5O8. The third kappa shape index (κ3) is 3.87. The average molecular weight is 558 g/mol. The molecule has 0 aliphatic heterocycles. The van der Waals surface area contributed by atoms with Gasteiger partial charge in [0, 0.05) is 52.3 Å². The highest BCUT2D eigenvalue weighted by molar-refractivity contribution is 6.24. The van der Waals surface area contributed by atoms with Crippen LogP contribution in [0.2, 0.25) is 0 Å². The molecule has 13 heteroatoms. The van der Waals surface area contributed by atoms with E-state index < -0.39 is 69.7 Å². The van der Waals surface area contributed by atoms with Crippen LogP contribution >= 0.6 is 0 Å². The molecule has 40 heavy (non-hydrogen) atoms. The number of rotatable bonds is 5. The van der Waals surface area contributed by atoms with Crippen LogP contribution in [0.3, 0.4) is 0 Å². The van der Waals surface area contributed by atoms with Crippen LogP contribution in [0.15, 0.2) is 23.0 Å². The summed E-state index contributed by atoms with van der Waals surface area (Å²) >= 11 is 0. The Morgan fingerprint density at radius 1 is 1.02 bits per heavy atom. The SMILES string of the molecule is CC(=O)N(c1cc(N(C)C)c2c(c1O)C(O)=C1C(=O)[C@]3(O)C(O)=C(C(N)=O)C(=O)[C@@H](N(C)C)[C@@H]3C[C@@H]1C2)N(C)C. The second-order valence-electron chi connectivity index (χ2n) is 11.2. The van der Waals surface area contributed by atoms with E-state index in [1.807, 2.05) is 0 Å². The maximum Gasteiger partial charge on any atom is 0.255 e. The van der Waals surface area contributed by atoms with E-state index >= 15 is 0 Å². The summed E-state index contributed by atoms with van der Waals surface area (Å²) < 4.78 is 0. The number of nitrogens with zero attached hydrogens (tertiary/aromatic N) is 4. The smallest absolute Gasteiger partial charge is 0.255 e. The molecule has 1 aromatic rings. The average Bonchev–Trinajstić information content (AvgIpc) is 2.81. The lowest BCUT2D eigenvalue weighted by Gasteiger charge is -2.50. The van der Waals surface area contributed by atoms with Crippen LogP contribution < -0.4 is 15.6 Å². The van der Waals surface area contributed by atoms with Gasteiger partial charge in [-0.3, -0.25) is 24.1 Å². The summed E-state index contributed by atoms with van der Waals surface area (Å²) in [7, 11) is 9.79. The Labute approximate surface area is 231 Å². The minimum Gasteiger partial charge on any atom is -0.508 e. The third-order valence-corrected chi connectivity index (χ3v) is 8.09. The molecule has 0 unspecified atom stereocenters. The van der Waals surface area contributed by atoms with Crippen LogP contribution in [0.25, 0.3) is 5.76 Å². The predicted octanol–water partition coefficient (Wildman–Crippen LogP) is -0.140. The van der Waals surface area contributed by atoms with Gasteiger partial charge in [-0.25, -0.2) is 10.0 Å². The fraction of sp³-hybridized carbons (Fsp3) is 0.481. The van der Waals surface area contributed by atoms with Crippen molar-refractivity contribution in [1.82, 2.24) is 9.91 Å². The number of primary amides is 1. The molecule has 0 spiro atoms. The fourth-order valence-electron chi connectivity index (χ4n) is 6.51. The van der Waals surface area contributed by atoms with Crippen molar-refractivity contribution in [2.45, 2.75) is 31.4 Å². The second kappa shape index (κ2) is 9.61. The number of aromatic hydroxyl groups is 1. The van der Waals surface area contributed by atoms with Crippen LogP contribution in [0.1, 0.15) is 24.5 Å². The number of hydrogen-bond acceptors (Lipinski definition) is 11. The number of fused-ring (bicyclic) bond motifs is 3. The van der Waals surface area contributed by atoms with Crippen molar-refractivity contribution in [3.8, 4) is 5.75 Å². The highest BCUT2D eigenvalue weighted by Crippen LogP contribution is 2.55. The molecule has 0 heterocycles. The molecule has 3 aliphatic rings. The van der Waals surface area contributed by atoms with E-state index in [9.17, 15) is 39.6 Å². The van der Waals surface area contributed by atoms with E-state index in [1.165, 1.54) is 21.8 Å². The van der Waals surface area contributed by atoms with E-state index in [0.29, 0.717) is 11.3 Å². The lowest BCUT2D eigenvalue weighted by Crippen LogP contribution is -2.65. The number of phenolic OH excluding ortho intramolecular Hbond substituents is 1. The van der Waals surface area contributed by atoms with Crippen molar-refractivity contribution in [3.05, 3.63) is 34.1 Å². The molecule has 4 rings (SSSR count). The van der Waals surface area contributed by atoms with Crippen molar-refractivity contribution in [2.75, 3.05) is 52.2 Å². The summed E-state index contributed by atoms with van der Waals surface area (Å²) in [5.74, 6) is -7.73. The summed E-state index contributed by atoms with van der Waals surface area (Å²) in [4.78, 5) is 55.1. The van der Waals surface area contributed by atoms with Crippen molar-refractivity contribution >= 4 is 40.5 Å². The maximum absolute atomic E-state index is 14.0. The number of Topliss-reactive ketones (excluding diaryl/α,β-unsaturated/α-hetero) is 2. The Kier molecular flexibility index (Phi) is 6.98. The number of anilines is 2. The van der Waals surface area contributed by atoms with Crippen LogP contribution in [0.4, 0.5) is 11.4 Å². The van der Waals surface area contributed by atoms with Gasteiger partial charge in [-0.1, -0.05) is 0 Å². The Morgan fingerprint density at radius 2 is 1.62 bits per heavy atom. The molecule has 0 bridgehead atoms. The molecule has 3 aliphatic carbocycles. The number of ketones is 2. The molecule has 0 saturated heterocycles. The van der Waals surface area contributed by atoms with Gasteiger partial charge in [-0.05, 0) is 44.5 Å². The van der Waals surface area contributed by atoms with Gasteiger partial charge in [0.25, 0.3) is 5.91 Å². The molecule has 216 valence electrons. The number of benzene rings is 1. The lowest BCUT2D eigenvalue weighted by molar-refractivity contribution is -0.153. The van der Waals surface area contributed by atoms with Gasteiger partial charge in [-0.15, -0.1) is 0 Å². The molecule has 6 N–H and O–H groups in total. The number of carbonyl (C=O) groups is 4. The summed E-state index contributed by atoms with van der Waals surface area (Å²) in [6.07, 6.45) is 0.121. The maximum atomic E-state index is 14.0. The molecule has 13 nitrogen and oxygen atoms in total. The number of phenols is 1. The Bertz CT molecular complexity index is 1410. The Hall–Kier alpha value is -3.94. The zero-order chi connectivity index (χ0) is 30.2. The van der Waals surface area contributed by atoms with Crippen LogP contribution in [0.5, 0.6) is 5.75 Å². The number of amides is 2. The van der Waals surface area contributed by atoms with Gasteiger partial charge < -0.3 is 31.1 Å². The monoisotopic (exact) mass is 557 g/mol. The first-order valence-corrected chi connectivity index (χ1v) is 12.7. The first kappa shape index (κ1) is 29.1. The largest absolute Gasteiger partial charge is 0.508 e. The quantitative estimate of drug-likeness (QED) is 0.239. The number of likely N-dealkylation sites (N-methyl/N-ethyl adjacent to an activating group) is 1. The molecule has 0 radical (unpaired) electrons. The molecule has 1 saturated carbocycles. The van der Waals surface area contributed by atoms with Gasteiger partial charge in [0.2, 0.25) is 11.7 Å². The highest BCUT2D eigenvalue weighted by Gasteiger charge is 2.64. The normalized spacial score (nSPS) is 26.1. The number of hydrazine groups is 1. The van der Waals surface area contributed by atoms with Crippen LogP contribution in [-0.2, 0) is 25.6 Å². The summed E-state index contributed by atoms with van der Waals surface area (Å²) in [6, 6.07) is 0.445. The zero-order valence-electron chi connectivity index (χ0n) is 23.5.